The molecule has 0 unspecified atom stereocenters. The predicted octanol–water partition coefficient (Wildman–Crippen LogP) is 2.75. The van der Waals surface area contributed by atoms with Crippen LogP contribution < -0.4 is 24.3 Å². The Morgan fingerprint density at radius 3 is 2.59 bits per heavy atom. The van der Waals surface area contributed by atoms with Crippen molar-refractivity contribution >= 4 is 29.3 Å². The van der Waals surface area contributed by atoms with E-state index in [1.165, 1.54) is 26.0 Å². The van der Waals surface area contributed by atoms with Gasteiger partial charge in [-0.3, -0.25) is 9.59 Å². The first-order valence-corrected chi connectivity index (χ1v) is 9.77. The number of ether oxygens (including phenoxy) is 5. The number of carbonyl (C=O) groups excluding carboxylic acids is 2. The lowest BCUT2D eigenvalue weighted by Gasteiger charge is -2.18. The lowest BCUT2D eigenvalue weighted by Crippen LogP contribution is -2.22. The SMILES string of the molecule is COc1ccc(NC(=O)COC(=O)CSc2ccc3c(c2)OCCO3)c(OC)c1. The summed E-state index contributed by atoms with van der Waals surface area (Å²) in [5, 5.41) is 2.64. The third kappa shape index (κ3) is 5.71. The number of nitrogens with one attached hydrogen (secondary N) is 1. The molecule has 0 aromatic heterocycles. The molecule has 0 saturated carbocycles. The third-order valence-electron chi connectivity index (χ3n) is 3.92. The molecular formula is C20H21NO7S. The van der Waals surface area contributed by atoms with E-state index in [1.807, 2.05) is 12.1 Å². The predicted molar refractivity (Wildman–Crippen MR) is 107 cm³/mol. The van der Waals surface area contributed by atoms with Gasteiger partial charge in [0.25, 0.3) is 5.91 Å². The van der Waals surface area contributed by atoms with Gasteiger partial charge in [0.1, 0.15) is 24.7 Å². The van der Waals surface area contributed by atoms with Gasteiger partial charge in [-0.15, -0.1) is 11.8 Å². The molecule has 1 aliphatic heterocycles. The van der Waals surface area contributed by atoms with Gasteiger partial charge in [0.15, 0.2) is 18.1 Å². The molecule has 0 atom stereocenters. The van der Waals surface area contributed by atoms with E-state index in [4.69, 9.17) is 23.7 Å². The molecule has 2 aromatic carbocycles. The average molecular weight is 419 g/mol. The maximum atomic E-state index is 12.1. The van der Waals surface area contributed by atoms with Gasteiger partial charge in [0.05, 0.1) is 25.7 Å². The molecule has 1 N–H and O–H groups in total. The second-order valence-electron chi connectivity index (χ2n) is 5.87. The summed E-state index contributed by atoms with van der Waals surface area (Å²) in [6.07, 6.45) is 0. The standard InChI is InChI=1S/C20H21NO7S/c1-24-13-3-5-15(17(9-13)25-2)21-19(22)11-28-20(23)12-29-14-4-6-16-18(10-14)27-8-7-26-16/h3-6,9-10H,7-8,11-12H2,1-2H3,(H,21,22). The highest BCUT2D eigenvalue weighted by Gasteiger charge is 2.14. The van der Waals surface area contributed by atoms with E-state index in [0.717, 1.165) is 4.90 Å². The second-order valence-corrected chi connectivity index (χ2v) is 6.92. The minimum atomic E-state index is -0.498. The Bertz CT molecular complexity index is 887. The van der Waals surface area contributed by atoms with E-state index in [0.29, 0.717) is 41.9 Å². The van der Waals surface area contributed by atoms with Gasteiger partial charge in [-0.25, -0.2) is 0 Å². The van der Waals surface area contributed by atoms with Gasteiger partial charge < -0.3 is 29.0 Å². The number of benzene rings is 2. The highest BCUT2D eigenvalue weighted by atomic mass is 32.2. The topological polar surface area (TPSA) is 92.3 Å². The minimum absolute atomic E-state index is 0.0682. The summed E-state index contributed by atoms with van der Waals surface area (Å²) in [4.78, 5) is 24.9. The molecule has 0 bridgehead atoms. The molecule has 0 radical (unpaired) electrons. The molecular weight excluding hydrogens is 398 g/mol. The van der Waals surface area contributed by atoms with Crippen LogP contribution in [0, 0.1) is 0 Å². The van der Waals surface area contributed by atoms with E-state index in [9.17, 15) is 9.59 Å². The van der Waals surface area contributed by atoms with Gasteiger partial charge in [-0.05, 0) is 30.3 Å². The zero-order chi connectivity index (χ0) is 20.6. The number of hydrogen-bond acceptors (Lipinski definition) is 8. The highest BCUT2D eigenvalue weighted by Crippen LogP contribution is 2.34. The fourth-order valence-corrected chi connectivity index (χ4v) is 3.25. The van der Waals surface area contributed by atoms with Crippen molar-refractivity contribution in [3.63, 3.8) is 0 Å². The third-order valence-corrected chi connectivity index (χ3v) is 4.88. The van der Waals surface area contributed by atoms with Gasteiger partial charge in [0.2, 0.25) is 0 Å². The number of fused-ring (bicyclic) bond motifs is 1. The summed E-state index contributed by atoms with van der Waals surface area (Å²) in [6.45, 7) is 0.628. The van der Waals surface area contributed by atoms with Crippen LogP contribution in [0.2, 0.25) is 0 Å². The molecule has 29 heavy (non-hydrogen) atoms. The Kier molecular flexibility index (Phi) is 7.07. The van der Waals surface area contributed by atoms with Crippen molar-refractivity contribution in [1.29, 1.82) is 0 Å². The number of esters is 1. The van der Waals surface area contributed by atoms with Crippen LogP contribution in [0.15, 0.2) is 41.3 Å². The molecule has 3 rings (SSSR count). The first-order valence-electron chi connectivity index (χ1n) is 8.79. The van der Waals surface area contributed by atoms with Crippen molar-refractivity contribution in [3.8, 4) is 23.0 Å². The highest BCUT2D eigenvalue weighted by molar-refractivity contribution is 8.00. The van der Waals surface area contributed by atoms with Crippen molar-refractivity contribution in [3.05, 3.63) is 36.4 Å². The second kappa shape index (κ2) is 9.92. The van der Waals surface area contributed by atoms with Crippen LogP contribution in [0.1, 0.15) is 0 Å². The monoisotopic (exact) mass is 419 g/mol. The van der Waals surface area contributed by atoms with Crippen LogP contribution in [0.5, 0.6) is 23.0 Å². The molecule has 2 aromatic rings. The summed E-state index contributed by atoms with van der Waals surface area (Å²) in [6, 6.07) is 10.4. The Hall–Kier alpha value is -3.07. The van der Waals surface area contributed by atoms with Gasteiger partial charge >= 0.3 is 5.97 Å². The quantitative estimate of drug-likeness (QED) is 0.516. The van der Waals surface area contributed by atoms with E-state index in [2.05, 4.69) is 5.32 Å². The van der Waals surface area contributed by atoms with E-state index >= 15 is 0 Å². The van der Waals surface area contributed by atoms with Crippen LogP contribution in [0.3, 0.4) is 0 Å². The van der Waals surface area contributed by atoms with Gasteiger partial charge in [-0.1, -0.05) is 0 Å². The summed E-state index contributed by atoms with van der Waals surface area (Å²) >= 11 is 1.29. The van der Waals surface area contributed by atoms with E-state index < -0.39 is 18.5 Å². The Labute approximate surface area is 172 Å². The first kappa shape index (κ1) is 20.7. The smallest absolute Gasteiger partial charge is 0.316 e. The van der Waals surface area contributed by atoms with Crippen LogP contribution in [0.25, 0.3) is 0 Å². The number of carbonyl (C=O) groups is 2. The molecule has 0 fully saturated rings. The van der Waals surface area contributed by atoms with Crippen molar-refractivity contribution in [1.82, 2.24) is 0 Å². The van der Waals surface area contributed by atoms with E-state index in [-0.39, 0.29) is 5.75 Å². The summed E-state index contributed by atoms with van der Waals surface area (Å²) in [5.74, 6) is 1.49. The lowest BCUT2D eigenvalue weighted by molar-refractivity contribution is -0.144. The summed E-state index contributed by atoms with van der Waals surface area (Å²) in [7, 11) is 3.02. The first-order chi connectivity index (χ1) is 14.1. The molecule has 1 heterocycles. The molecule has 9 heteroatoms. The number of thioether (sulfide) groups is 1. The number of hydrogen-bond donors (Lipinski definition) is 1. The summed E-state index contributed by atoms with van der Waals surface area (Å²) in [5.41, 5.74) is 0.458. The lowest BCUT2D eigenvalue weighted by atomic mass is 10.2. The fourth-order valence-electron chi connectivity index (χ4n) is 2.53. The maximum Gasteiger partial charge on any atom is 0.316 e. The zero-order valence-corrected chi connectivity index (χ0v) is 16.9. The van der Waals surface area contributed by atoms with Crippen LogP contribution >= 0.6 is 11.8 Å². The van der Waals surface area contributed by atoms with Gasteiger partial charge in [0, 0.05) is 11.0 Å². The minimum Gasteiger partial charge on any atom is -0.497 e. The molecule has 0 spiro atoms. The number of rotatable bonds is 8. The van der Waals surface area contributed by atoms with Crippen molar-refractivity contribution in [2.24, 2.45) is 0 Å². The maximum absolute atomic E-state index is 12.1. The average Bonchev–Trinajstić information content (AvgIpc) is 2.76. The molecule has 8 nitrogen and oxygen atoms in total. The van der Waals surface area contributed by atoms with Crippen molar-refractivity contribution in [2.75, 3.05) is 45.1 Å². The normalized spacial score (nSPS) is 12.1. The van der Waals surface area contributed by atoms with Crippen molar-refractivity contribution in [2.45, 2.75) is 4.90 Å². The van der Waals surface area contributed by atoms with Gasteiger partial charge in [-0.2, -0.15) is 0 Å². The number of methoxy groups -OCH3 is 2. The molecule has 0 aliphatic carbocycles. The van der Waals surface area contributed by atoms with E-state index in [1.54, 1.807) is 24.3 Å². The zero-order valence-electron chi connectivity index (χ0n) is 16.1. The Morgan fingerprint density at radius 1 is 1.03 bits per heavy atom. The fraction of sp³-hybridized carbons (Fsp3) is 0.300. The molecule has 0 saturated heterocycles. The Morgan fingerprint density at radius 2 is 1.83 bits per heavy atom. The summed E-state index contributed by atoms with van der Waals surface area (Å²) < 4.78 is 26.3. The number of amides is 1. The van der Waals surface area contributed by atoms with Crippen LogP contribution in [0.4, 0.5) is 5.69 Å². The molecule has 1 amide bonds. The van der Waals surface area contributed by atoms with Crippen LogP contribution in [-0.4, -0.2) is 51.7 Å². The van der Waals surface area contributed by atoms with Crippen LogP contribution in [-0.2, 0) is 14.3 Å². The van der Waals surface area contributed by atoms with Crippen molar-refractivity contribution < 1.29 is 33.3 Å². The Balaban J connectivity index is 1.45. The number of anilines is 1. The molecule has 1 aliphatic rings. The largest absolute Gasteiger partial charge is 0.497 e. The molecule has 154 valence electrons.